The Bertz CT molecular complexity index is 774. The van der Waals surface area contributed by atoms with Crippen molar-refractivity contribution in [1.82, 2.24) is 4.90 Å². The van der Waals surface area contributed by atoms with E-state index in [0.717, 1.165) is 30.7 Å². The lowest BCUT2D eigenvalue weighted by Crippen LogP contribution is -2.12. The molecule has 0 bridgehead atoms. The summed E-state index contributed by atoms with van der Waals surface area (Å²) in [6.45, 7) is 1.01. The molecule has 0 spiro atoms. The number of aryl methyl sites for hydroxylation is 2. The number of thiophene rings is 1. The molecule has 24 heavy (non-hydrogen) atoms. The minimum Gasteiger partial charge on any atom is -0.481 e. The number of rotatable bonds is 5. The Hall–Kier alpha value is -1.91. The van der Waals surface area contributed by atoms with Crippen molar-refractivity contribution in [2.24, 2.45) is 0 Å². The highest BCUT2D eigenvalue weighted by Crippen LogP contribution is 2.38. The van der Waals surface area contributed by atoms with Crippen LogP contribution in [0.15, 0.2) is 36.4 Å². The topological polar surface area (TPSA) is 40.5 Å². The molecule has 0 fully saturated rings. The summed E-state index contributed by atoms with van der Waals surface area (Å²) in [5.41, 5.74) is 5.19. The van der Waals surface area contributed by atoms with Crippen molar-refractivity contribution >= 4 is 22.9 Å². The molecule has 1 N–H and O–H groups in total. The Labute approximate surface area is 147 Å². The first kappa shape index (κ1) is 16.9. The number of hydrogen-bond donors (Lipinski definition) is 1. The lowest BCUT2D eigenvalue weighted by molar-refractivity contribution is -0.136. The lowest BCUT2D eigenvalue weighted by Gasteiger charge is -2.11. The van der Waals surface area contributed by atoms with E-state index in [0.29, 0.717) is 0 Å². The van der Waals surface area contributed by atoms with Crippen LogP contribution in [0.5, 0.6) is 0 Å². The van der Waals surface area contributed by atoms with E-state index in [1.54, 1.807) is 11.3 Å². The molecule has 3 nitrogen and oxygen atoms in total. The molecular formula is C20H23NO2S. The van der Waals surface area contributed by atoms with Gasteiger partial charge in [-0.05, 0) is 61.7 Å². The van der Waals surface area contributed by atoms with Crippen molar-refractivity contribution in [3.63, 3.8) is 0 Å². The summed E-state index contributed by atoms with van der Waals surface area (Å²) in [6.07, 6.45) is 5.42. The number of benzene rings is 1. The normalized spacial score (nSPS) is 15.2. The largest absolute Gasteiger partial charge is 0.481 e. The molecule has 0 radical (unpaired) electrons. The van der Waals surface area contributed by atoms with Crippen LogP contribution in [-0.4, -0.2) is 36.6 Å². The van der Waals surface area contributed by atoms with Gasteiger partial charge in [-0.1, -0.05) is 30.3 Å². The summed E-state index contributed by atoms with van der Waals surface area (Å²) >= 11 is 1.66. The molecular weight excluding hydrogens is 318 g/mol. The maximum atomic E-state index is 11.1. The molecule has 1 aliphatic rings. The van der Waals surface area contributed by atoms with Crippen LogP contribution in [0.25, 0.3) is 5.57 Å². The molecule has 0 amide bonds. The Kier molecular flexibility index (Phi) is 5.17. The van der Waals surface area contributed by atoms with Gasteiger partial charge in [-0.2, -0.15) is 0 Å². The highest BCUT2D eigenvalue weighted by molar-refractivity contribution is 7.12. The van der Waals surface area contributed by atoms with Gasteiger partial charge in [0.2, 0.25) is 0 Å². The second-order valence-corrected chi connectivity index (χ2v) is 7.71. The Balaban J connectivity index is 2.03. The lowest BCUT2D eigenvalue weighted by atomic mass is 9.95. The minimum atomic E-state index is -0.759. The second kappa shape index (κ2) is 7.32. The van der Waals surface area contributed by atoms with E-state index in [2.05, 4.69) is 55.4 Å². The van der Waals surface area contributed by atoms with Gasteiger partial charge in [-0.3, -0.25) is 4.79 Å². The SMILES string of the molecule is CN(C)CC/C=C1/c2ccccc2CCc2sc(CC(=O)O)cc21. The monoisotopic (exact) mass is 341 g/mol. The zero-order chi connectivity index (χ0) is 17.1. The summed E-state index contributed by atoms with van der Waals surface area (Å²) < 4.78 is 0. The molecule has 0 saturated heterocycles. The molecule has 1 aromatic heterocycles. The van der Waals surface area contributed by atoms with E-state index < -0.39 is 5.97 Å². The average Bonchev–Trinajstić information content (AvgIpc) is 2.85. The molecule has 4 heteroatoms. The Morgan fingerprint density at radius 2 is 2.04 bits per heavy atom. The van der Waals surface area contributed by atoms with E-state index in [9.17, 15) is 4.79 Å². The van der Waals surface area contributed by atoms with Crippen LogP contribution in [0.3, 0.4) is 0 Å². The number of hydrogen-bond acceptors (Lipinski definition) is 3. The van der Waals surface area contributed by atoms with Crippen molar-refractivity contribution in [3.05, 3.63) is 62.9 Å². The molecule has 1 aromatic carbocycles. The molecule has 0 aliphatic heterocycles. The number of carbonyl (C=O) groups is 1. The van der Waals surface area contributed by atoms with Gasteiger partial charge in [0.05, 0.1) is 6.42 Å². The maximum absolute atomic E-state index is 11.1. The van der Waals surface area contributed by atoms with E-state index in [1.165, 1.54) is 27.1 Å². The van der Waals surface area contributed by atoms with E-state index in [-0.39, 0.29) is 6.42 Å². The summed E-state index contributed by atoms with van der Waals surface area (Å²) in [5.74, 6) is -0.759. The van der Waals surface area contributed by atoms with Crippen LogP contribution >= 0.6 is 11.3 Å². The number of carboxylic acids is 1. The smallest absolute Gasteiger partial charge is 0.308 e. The Morgan fingerprint density at radius 3 is 2.79 bits per heavy atom. The fraction of sp³-hybridized carbons (Fsp3) is 0.350. The van der Waals surface area contributed by atoms with Crippen molar-refractivity contribution in [1.29, 1.82) is 0 Å². The number of aliphatic carboxylic acids is 1. The van der Waals surface area contributed by atoms with Crippen molar-refractivity contribution in [2.75, 3.05) is 20.6 Å². The quantitative estimate of drug-likeness (QED) is 0.898. The van der Waals surface area contributed by atoms with Gasteiger partial charge in [-0.25, -0.2) is 0 Å². The molecule has 0 atom stereocenters. The summed E-state index contributed by atoms with van der Waals surface area (Å²) in [4.78, 5) is 15.5. The summed E-state index contributed by atoms with van der Waals surface area (Å²) in [5, 5.41) is 9.10. The fourth-order valence-corrected chi connectivity index (χ4v) is 4.39. The third-order valence-electron chi connectivity index (χ3n) is 4.33. The zero-order valence-electron chi connectivity index (χ0n) is 14.2. The van der Waals surface area contributed by atoms with E-state index >= 15 is 0 Å². The standard InChI is InChI=1S/C20H23NO2S/c1-21(2)11-5-8-17-16-7-4-3-6-14(16)9-10-19-18(17)12-15(24-19)13-20(22)23/h3-4,6-8,12H,5,9-11,13H2,1-2H3,(H,22,23)/b17-8-. The number of carboxylic acid groups (broad SMARTS) is 1. The highest BCUT2D eigenvalue weighted by Gasteiger charge is 2.21. The maximum Gasteiger partial charge on any atom is 0.308 e. The van der Waals surface area contributed by atoms with Gasteiger partial charge in [0, 0.05) is 16.3 Å². The van der Waals surface area contributed by atoms with Crippen LogP contribution in [-0.2, 0) is 24.1 Å². The first-order chi connectivity index (χ1) is 11.5. The Morgan fingerprint density at radius 1 is 1.25 bits per heavy atom. The zero-order valence-corrected chi connectivity index (χ0v) is 15.0. The van der Waals surface area contributed by atoms with Gasteiger partial charge in [-0.15, -0.1) is 11.3 Å². The molecule has 3 rings (SSSR count). The summed E-state index contributed by atoms with van der Waals surface area (Å²) in [7, 11) is 4.17. The number of fused-ring (bicyclic) bond motifs is 2. The molecule has 0 saturated carbocycles. The van der Waals surface area contributed by atoms with Crippen molar-refractivity contribution in [3.8, 4) is 0 Å². The van der Waals surface area contributed by atoms with Gasteiger partial charge >= 0.3 is 5.97 Å². The molecule has 0 unspecified atom stereocenters. The first-order valence-electron chi connectivity index (χ1n) is 8.31. The predicted molar refractivity (Wildman–Crippen MR) is 99.8 cm³/mol. The third-order valence-corrected chi connectivity index (χ3v) is 5.52. The van der Waals surface area contributed by atoms with Crippen molar-refractivity contribution in [2.45, 2.75) is 25.7 Å². The van der Waals surface area contributed by atoms with E-state index in [1.807, 2.05) is 0 Å². The van der Waals surface area contributed by atoms with Crippen LogP contribution in [0, 0.1) is 0 Å². The van der Waals surface area contributed by atoms with Crippen molar-refractivity contribution < 1.29 is 9.90 Å². The van der Waals surface area contributed by atoms with Crippen LogP contribution < -0.4 is 0 Å². The second-order valence-electron chi connectivity index (χ2n) is 6.49. The van der Waals surface area contributed by atoms with Gasteiger partial charge in [0.15, 0.2) is 0 Å². The first-order valence-corrected chi connectivity index (χ1v) is 9.13. The molecule has 1 aliphatic carbocycles. The van der Waals surface area contributed by atoms with Gasteiger partial charge < -0.3 is 10.0 Å². The fourth-order valence-electron chi connectivity index (χ4n) is 3.22. The minimum absolute atomic E-state index is 0.115. The summed E-state index contributed by atoms with van der Waals surface area (Å²) in [6, 6.07) is 10.7. The molecule has 126 valence electrons. The molecule has 1 heterocycles. The predicted octanol–water partition coefficient (Wildman–Crippen LogP) is 3.86. The van der Waals surface area contributed by atoms with E-state index in [4.69, 9.17) is 5.11 Å². The molecule has 2 aromatic rings. The number of nitrogens with zero attached hydrogens (tertiary/aromatic N) is 1. The average molecular weight is 341 g/mol. The van der Waals surface area contributed by atoms with Gasteiger partial charge in [0.1, 0.15) is 0 Å². The highest BCUT2D eigenvalue weighted by atomic mass is 32.1. The van der Waals surface area contributed by atoms with Crippen LogP contribution in [0.4, 0.5) is 0 Å². The van der Waals surface area contributed by atoms with Crippen LogP contribution in [0.1, 0.15) is 32.9 Å². The van der Waals surface area contributed by atoms with Crippen LogP contribution in [0.2, 0.25) is 0 Å². The van der Waals surface area contributed by atoms with Gasteiger partial charge in [0.25, 0.3) is 0 Å². The third kappa shape index (κ3) is 3.77.